The molecule has 0 fully saturated rings. The van der Waals surface area contributed by atoms with E-state index in [2.05, 4.69) is 0 Å². The standard InChI is InChI=1S/C15H21ClO5/c1-10(7-19-3)20-8-13(18)9-21-15-5-4-12(16)6-14(15)11(2)17/h4-6,10,13,18H,7-9H2,1-3H3. The first-order valence-corrected chi connectivity index (χ1v) is 7.03. The van der Waals surface area contributed by atoms with E-state index in [4.69, 9.17) is 25.8 Å². The molecule has 2 unspecified atom stereocenters. The van der Waals surface area contributed by atoms with Gasteiger partial charge in [0.1, 0.15) is 18.5 Å². The van der Waals surface area contributed by atoms with Gasteiger partial charge < -0.3 is 19.3 Å². The highest BCUT2D eigenvalue weighted by Crippen LogP contribution is 2.23. The van der Waals surface area contributed by atoms with Gasteiger partial charge in [0.15, 0.2) is 5.78 Å². The van der Waals surface area contributed by atoms with Crippen LogP contribution in [0.25, 0.3) is 0 Å². The zero-order chi connectivity index (χ0) is 15.8. The summed E-state index contributed by atoms with van der Waals surface area (Å²) >= 11 is 5.85. The van der Waals surface area contributed by atoms with Crippen molar-refractivity contribution < 1.29 is 24.1 Å². The minimum Gasteiger partial charge on any atom is -0.490 e. The molecule has 1 rings (SSSR count). The van der Waals surface area contributed by atoms with Gasteiger partial charge in [-0.2, -0.15) is 0 Å². The van der Waals surface area contributed by atoms with Crippen LogP contribution in [0.15, 0.2) is 18.2 Å². The number of Topliss-reactive ketones (excluding diaryl/α,β-unsaturated/α-hetero) is 1. The molecule has 0 aromatic heterocycles. The van der Waals surface area contributed by atoms with Gasteiger partial charge in [-0.05, 0) is 32.0 Å². The molecule has 0 bridgehead atoms. The lowest BCUT2D eigenvalue weighted by Gasteiger charge is -2.17. The third-order valence-corrected chi connectivity index (χ3v) is 2.96. The Hall–Kier alpha value is -1.14. The molecule has 0 saturated heterocycles. The van der Waals surface area contributed by atoms with E-state index in [1.54, 1.807) is 25.3 Å². The quantitative estimate of drug-likeness (QED) is 0.708. The van der Waals surface area contributed by atoms with Gasteiger partial charge in [0.2, 0.25) is 0 Å². The van der Waals surface area contributed by atoms with Crippen molar-refractivity contribution in [3.05, 3.63) is 28.8 Å². The number of rotatable bonds is 9. The summed E-state index contributed by atoms with van der Waals surface area (Å²) in [7, 11) is 1.59. The first kappa shape index (κ1) is 17.9. The van der Waals surface area contributed by atoms with Crippen LogP contribution in [-0.4, -0.2) is 50.0 Å². The van der Waals surface area contributed by atoms with Crippen molar-refractivity contribution >= 4 is 17.4 Å². The monoisotopic (exact) mass is 316 g/mol. The number of methoxy groups -OCH3 is 1. The van der Waals surface area contributed by atoms with Crippen molar-refractivity contribution in [2.24, 2.45) is 0 Å². The Kier molecular flexibility index (Phi) is 7.67. The molecule has 5 nitrogen and oxygen atoms in total. The number of aliphatic hydroxyl groups is 1. The van der Waals surface area contributed by atoms with Crippen LogP contribution in [0.4, 0.5) is 0 Å². The minimum absolute atomic E-state index is 0.0294. The Bertz CT molecular complexity index is 463. The number of benzene rings is 1. The Morgan fingerprint density at radius 3 is 2.67 bits per heavy atom. The fraction of sp³-hybridized carbons (Fsp3) is 0.533. The van der Waals surface area contributed by atoms with Gasteiger partial charge in [-0.25, -0.2) is 0 Å². The van der Waals surface area contributed by atoms with Crippen molar-refractivity contribution in [2.75, 3.05) is 26.9 Å². The fourth-order valence-electron chi connectivity index (χ4n) is 1.70. The van der Waals surface area contributed by atoms with Crippen LogP contribution in [0.1, 0.15) is 24.2 Å². The van der Waals surface area contributed by atoms with Crippen LogP contribution in [-0.2, 0) is 9.47 Å². The zero-order valence-electron chi connectivity index (χ0n) is 12.5. The second kappa shape index (κ2) is 9.00. The molecule has 0 saturated carbocycles. The third kappa shape index (κ3) is 6.44. The average molecular weight is 317 g/mol. The van der Waals surface area contributed by atoms with E-state index in [1.807, 2.05) is 6.92 Å². The molecule has 0 amide bonds. The molecule has 1 aromatic carbocycles. The summed E-state index contributed by atoms with van der Waals surface area (Å²) in [4.78, 5) is 11.5. The molecule has 21 heavy (non-hydrogen) atoms. The molecule has 1 aromatic rings. The fourth-order valence-corrected chi connectivity index (χ4v) is 1.87. The molecule has 2 atom stereocenters. The average Bonchev–Trinajstić information content (AvgIpc) is 2.44. The lowest BCUT2D eigenvalue weighted by atomic mass is 10.1. The number of hydrogen-bond acceptors (Lipinski definition) is 5. The van der Waals surface area contributed by atoms with E-state index in [1.165, 1.54) is 6.92 Å². The van der Waals surface area contributed by atoms with Gasteiger partial charge in [-0.3, -0.25) is 4.79 Å². The Labute approximate surface area is 129 Å². The van der Waals surface area contributed by atoms with E-state index in [9.17, 15) is 9.90 Å². The van der Waals surface area contributed by atoms with E-state index in [0.29, 0.717) is 22.9 Å². The molecule has 0 heterocycles. The number of halogens is 1. The maximum atomic E-state index is 11.5. The Balaban J connectivity index is 2.49. The summed E-state index contributed by atoms with van der Waals surface area (Å²) in [5.74, 6) is 0.253. The van der Waals surface area contributed by atoms with E-state index in [-0.39, 0.29) is 25.1 Å². The SMILES string of the molecule is COCC(C)OCC(O)COc1ccc(Cl)cc1C(C)=O. The highest BCUT2D eigenvalue weighted by atomic mass is 35.5. The van der Waals surface area contributed by atoms with Crippen molar-refractivity contribution in [1.82, 2.24) is 0 Å². The summed E-state index contributed by atoms with van der Waals surface area (Å²) in [6.07, 6.45) is -0.896. The maximum Gasteiger partial charge on any atom is 0.163 e. The number of ether oxygens (including phenoxy) is 3. The van der Waals surface area contributed by atoms with E-state index >= 15 is 0 Å². The molecule has 0 radical (unpaired) electrons. The number of ketones is 1. The van der Waals surface area contributed by atoms with Gasteiger partial charge in [0.05, 0.1) is 24.9 Å². The largest absolute Gasteiger partial charge is 0.490 e. The molecular formula is C15H21ClO5. The predicted octanol–water partition coefficient (Wildman–Crippen LogP) is 2.33. The summed E-state index contributed by atoms with van der Waals surface area (Å²) in [5, 5.41) is 10.3. The number of hydrogen-bond donors (Lipinski definition) is 1. The second-order valence-electron chi connectivity index (χ2n) is 4.76. The van der Waals surface area contributed by atoms with Gasteiger partial charge in [0, 0.05) is 12.1 Å². The molecule has 0 spiro atoms. The van der Waals surface area contributed by atoms with Crippen LogP contribution >= 0.6 is 11.6 Å². The molecule has 0 aliphatic heterocycles. The van der Waals surface area contributed by atoms with Crippen molar-refractivity contribution in [3.63, 3.8) is 0 Å². The molecule has 0 aliphatic rings. The van der Waals surface area contributed by atoms with Crippen LogP contribution in [0.5, 0.6) is 5.75 Å². The normalized spacial score (nSPS) is 13.8. The van der Waals surface area contributed by atoms with Crippen molar-refractivity contribution in [2.45, 2.75) is 26.1 Å². The van der Waals surface area contributed by atoms with Crippen LogP contribution in [0.3, 0.4) is 0 Å². The highest BCUT2D eigenvalue weighted by molar-refractivity contribution is 6.31. The third-order valence-electron chi connectivity index (χ3n) is 2.73. The topological polar surface area (TPSA) is 65.0 Å². The molecule has 118 valence electrons. The first-order chi connectivity index (χ1) is 9.93. The molecule has 1 N–H and O–H groups in total. The van der Waals surface area contributed by atoms with Gasteiger partial charge in [-0.15, -0.1) is 0 Å². The smallest absolute Gasteiger partial charge is 0.163 e. The predicted molar refractivity (Wildman–Crippen MR) is 80.2 cm³/mol. The van der Waals surface area contributed by atoms with Crippen LogP contribution < -0.4 is 4.74 Å². The second-order valence-corrected chi connectivity index (χ2v) is 5.20. The Morgan fingerprint density at radius 2 is 2.05 bits per heavy atom. The van der Waals surface area contributed by atoms with Crippen LogP contribution in [0, 0.1) is 0 Å². The summed E-state index contributed by atoms with van der Waals surface area (Å²) in [5.41, 5.74) is 0.392. The molecular weight excluding hydrogens is 296 g/mol. The minimum atomic E-state index is -0.792. The van der Waals surface area contributed by atoms with Gasteiger partial charge in [0.25, 0.3) is 0 Å². The van der Waals surface area contributed by atoms with Gasteiger partial charge in [-0.1, -0.05) is 11.6 Å². The lowest BCUT2D eigenvalue weighted by Crippen LogP contribution is -2.27. The summed E-state index contributed by atoms with van der Waals surface area (Å²) in [6, 6.07) is 4.79. The lowest BCUT2D eigenvalue weighted by molar-refractivity contribution is -0.0423. The number of carbonyl (C=O) groups is 1. The summed E-state index contributed by atoms with van der Waals surface area (Å²) in [6.45, 7) is 3.91. The van der Waals surface area contributed by atoms with Gasteiger partial charge >= 0.3 is 0 Å². The highest BCUT2D eigenvalue weighted by Gasteiger charge is 2.13. The van der Waals surface area contributed by atoms with Crippen LogP contribution in [0.2, 0.25) is 5.02 Å². The van der Waals surface area contributed by atoms with Crippen molar-refractivity contribution in [1.29, 1.82) is 0 Å². The zero-order valence-corrected chi connectivity index (χ0v) is 13.2. The maximum absolute atomic E-state index is 11.5. The van der Waals surface area contributed by atoms with Crippen molar-refractivity contribution in [3.8, 4) is 5.75 Å². The molecule has 0 aliphatic carbocycles. The first-order valence-electron chi connectivity index (χ1n) is 6.66. The van der Waals surface area contributed by atoms with E-state index < -0.39 is 6.10 Å². The van der Waals surface area contributed by atoms with E-state index in [0.717, 1.165) is 0 Å². The Morgan fingerprint density at radius 1 is 1.33 bits per heavy atom. The number of carbonyl (C=O) groups excluding carboxylic acids is 1. The number of aliphatic hydroxyl groups excluding tert-OH is 1. The summed E-state index contributed by atoms with van der Waals surface area (Å²) < 4.78 is 15.8. The molecule has 6 heteroatoms.